The fourth-order valence-electron chi connectivity index (χ4n) is 2.48. The van der Waals surface area contributed by atoms with Crippen LogP contribution in [-0.4, -0.2) is 19.1 Å². The molecular weight excluding hydrogens is 295 g/mol. The first kappa shape index (κ1) is 15.1. The maximum absolute atomic E-state index is 13.6. The van der Waals surface area contributed by atoms with Gasteiger partial charge in [-0.15, -0.1) is 6.58 Å². The smallest absolute Gasteiger partial charge is 0.265 e. The van der Waals surface area contributed by atoms with Crippen LogP contribution in [-0.2, 0) is 11.3 Å². The summed E-state index contributed by atoms with van der Waals surface area (Å²) in [7, 11) is 0. The van der Waals surface area contributed by atoms with E-state index < -0.39 is 0 Å². The lowest BCUT2D eigenvalue weighted by atomic mass is 10.2. The molecule has 0 radical (unpaired) electrons. The highest BCUT2D eigenvalue weighted by atomic mass is 19.1. The number of rotatable bonds is 5. The van der Waals surface area contributed by atoms with Crippen LogP contribution in [0.2, 0.25) is 0 Å². The number of hydrogen-bond donors (Lipinski definition) is 1. The van der Waals surface area contributed by atoms with Crippen LogP contribution in [0.25, 0.3) is 0 Å². The summed E-state index contributed by atoms with van der Waals surface area (Å²) < 4.78 is 19.1. The molecule has 0 bridgehead atoms. The molecule has 1 heterocycles. The van der Waals surface area contributed by atoms with E-state index in [1.807, 2.05) is 18.2 Å². The van der Waals surface area contributed by atoms with Crippen LogP contribution in [0, 0.1) is 5.82 Å². The van der Waals surface area contributed by atoms with Gasteiger partial charge in [-0.3, -0.25) is 4.79 Å². The van der Waals surface area contributed by atoms with E-state index in [4.69, 9.17) is 4.74 Å². The zero-order valence-electron chi connectivity index (χ0n) is 12.6. The molecule has 4 nitrogen and oxygen atoms in total. The second kappa shape index (κ2) is 6.52. The number of ether oxygens (including phenoxy) is 1. The third-order valence-electron chi connectivity index (χ3n) is 3.66. The zero-order valence-corrected chi connectivity index (χ0v) is 12.6. The summed E-state index contributed by atoms with van der Waals surface area (Å²) in [6.45, 7) is 4.50. The minimum Gasteiger partial charge on any atom is -0.481 e. The van der Waals surface area contributed by atoms with Crippen molar-refractivity contribution in [3.05, 3.63) is 66.5 Å². The Morgan fingerprint density at radius 1 is 1.30 bits per heavy atom. The third kappa shape index (κ3) is 3.18. The molecule has 0 unspecified atom stereocenters. The summed E-state index contributed by atoms with van der Waals surface area (Å²) in [6.07, 6.45) is 1.68. The lowest BCUT2D eigenvalue weighted by Gasteiger charge is -2.28. The van der Waals surface area contributed by atoms with Crippen LogP contribution in [0.15, 0.2) is 55.1 Å². The molecule has 0 atom stereocenters. The summed E-state index contributed by atoms with van der Waals surface area (Å²) in [4.78, 5) is 13.5. The van der Waals surface area contributed by atoms with Crippen molar-refractivity contribution in [3.63, 3.8) is 0 Å². The van der Waals surface area contributed by atoms with E-state index in [2.05, 4.69) is 11.9 Å². The van der Waals surface area contributed by atoms with E-state index in [1.54, 1.807) is 29.2 Å². The van der Waals surface area contributed by atoms with E-state index in [0.29, 0.717) is 24.4 Å². The molecule has 1 aliphatic heterocycles. The van der Waals surface area contributed by atoms with Crippen molar-refractivity contribution < 1.29 is 13.9 Å². The monoisotopic (exact) mass is 312 g/mol. The van der Waals surface area contributed by atoms with Crippen LogP contribution in [0.5, 0.6) is 5.75 Å². The molecule has 1 aliphatic rings. The molecule has 118 valence electrons. The summed E-state index contributed by atoms with van der Waals surface area (Å²) >= 11 is 0. The van der Waals surface area contributed by atoms with E-state index >= 15 is 0 Å². The van der Waals surface area contributed by atoms with Crippen molar-refractivity contribution in [1.29, 1.82) is 0 Å². The predicted molar refractivity (Wildman–Crippen MR) is 88.2 cm³/mol. The number of anilines is 2. The Bertz CT molecular complexity index is 746. The van der Waals surface area contributed by atoms with Gasteiger partial charge in [0.15, 0.2) is 6.61 Å². The molecule has 0 spiro atoms. The number of nitrogens with zero attached hydrogens (tertiary/aromatic N) is 1. The average Bonchev–Trinajstić information content (AvgIpc) is 2.57. The van der Waals surface area contributed by atoms with Gasteiger partial charge < -0.3 is 15.0 Å². The van der Waals surface area contributed by atoms with Gasteiger partial charge in [-0.1, -0.05) is 24.3 Å². The second-order valence-corrected chi connectivity index (χ2v) is 5.21. The largest absolute Gasteiger partial charge is 0.481 e. The van der Waals surface area contributed by atoms with Crippen LogP contribution >= 0.6 is 0 Å². The lowest BCUT2D eigenvalue weighted by Crippen LogP contribution is -2.38. The summed E-state index contributed by atoms with van der Waals surface area (Å²) in [5.41, 5.74) is 2.12. The first-order chi connectivity index (χ1) is 11.2. The Labute approximate surface area is 134 Å². The number of fused-ring (bicyclic) bond motifs is 1. The molecule has 1 N–H and O–H groups in total. The zero-order chi connectivity index (χ0) is 16.2. The molecular formula is C18H17FN2O2. The standard InChI is InChI=1S/C18H17FN2O2/c1-2-9-21-16-8-7-14(10-17(16)23-12-18(21)22)20-11-13-5-3-4-6-15(13)19/h2-8,10,20H,1,9,11-12H2. The Morgan fingerprint density at radius 3 is 2.91 bits per heavy atom. The SMILES string of the molecule is C=CCN1C(=O)COc2cc(NCc3ccccc3F)ccc21. The number of carbonyl (C=O) groups excluding carboxylic acids is 1. The van der Waals surface area contributed by atoms with Gasteiger partial charge in [-0.25, -0.2) is 4.39 Å². The molecule has 2 aromatic rings. The van der Waals surface area contributed by atoms with Crippen LogP contribution < -0.4 is 15.0 Å². The summed E-state index contributed by atoms with van der Waals surface area (Å²) in [6, 6.07) is 12.1. The molecule has 2 aromatic carbocycles. The van der Waals surface area contributed by atoms with E-state index in [-0.39, 0.29) is 18.3 Å². The Kier molecular flexibility index (Phi) is 4.28. The number of benzene rings is 2. The highest BCUT2D eigenvalue weighted by Crippen LogP contribution is 2.34. The molecule has 5 heteroatoms. The summed E-state index contributed by atoms with van der Waals surface area (Å²) in [5.74, 6) is 0.298. The Hall–Kier alpha value is -2.82. The Balaban J connectivity index is 1.77. The maximum atomic E-state index is 13.6. The molecule has 0 fully saturated rings. The van der Waals surface area contributed by atoms with Crippen molar-refractivity contribution in [1.82, 2.24) is 0 Å². The van der Waals surface area contributed by atoms with Gasteiger partial charge in [0.05, 0.1) is 5.69 Å². The van der Waals surface area contributed by atoms with Gasteiger partial charge in [0.1, 0.15) is 11.6 Å². The number of carbonyl (C=O) groups is 1. The molecule has 0 saturated carbocycles. The predicted octanol–water partition coefficient (Wildman–Crippen LogP) is 3.35. The molecule has 0 saturated heterocycles. The van der Waals surface area contributed by atoms with Gasteiger partial charge >= 0.3 is 0 Å². The quantitative estimate of drug-likeness (QED) is 0.861. The van der Waals surface area contributed by atoms with E-state index in [0.717, 1.165) is 11.4 Å². The van der Waals surface area contributed by atoms with E-state index in [9.17, 15) is 9.18 Å². The van der Waals surface area contributed by atoms with Crippen LogP contribution in [0.3, 0.4) is 0 Å². The van der Waals surface area contributed by atoms with Crippen LogP contribution in [0.1, 0.15) is 5.56 Å². The molecule has 3 rings (SSSR count). The van der Waals surface area contributed by atoms with Gasteiger partial charge in [-0.2, -0.15) is 0 Å². The lowest BCUT2D eigenvalue weighted by molar-refractivity contribution is -0.121. The van der Waals surface area contributed by atoms with Crippen LogP contribution in [0.4, 0.5) is 15.8 Å². The maximum Gasteiger partial charge on any atom is 0.265 e. The number of hydrogen-bond acceptors (Lipinski definition) is 3. The molecule has 1 amide bonds. The van der Waals surface area contributed by atoms with E-state index in [1.165, 1.54) is 6.07 Å². The fraction of sp³-hybridized carbons (Fsp3) is 0.167. The normalized spacial score (nSPS) is 13.3. The van der Waals surface area contributed by atoms with Crippen molar-refractivity contribution in [2.24, 2.45) is 0 Å². The van der Waals surface area contributed by atoms with Gasteiger partial charge in [0.25, 0.3) is 5.91 Å². The van der Waals surface area contributed by atoms with Crippen molar-refractivity contribution >= 4 is 17.3 Å². The van der Waals surface area contributed by atoms with Gasteiger partial charge in [-0.05, 0) is 18.2 Å². The van der Waals surface area contributed by atoms with Gasteiger partial charge in [0, 0.05) is 30.4 Å². The van der Waals surface area contributed by atoms with Crippen molar-refractivity contribution in [3.8, 4) is 5.75 Å². The fourth-order valence-corrected chi connectivity index (χ4v) is 2.48. The third-order valence-corrected chi connectivity index (χ3v) is 3.66. The molecule has 23 heavy (non-hydrogen) atoms. The first-order valence-electron chi connectivity index (χ1n) is 7.34. The average molecular weight is 312 g/mol. The van der Waals surface area contributed by atoms with Gasteiger partial charge in [0.2, 0.25) is 0 Å². The summed E-state index contributed by atoms with van der Waals surface area (Å²) in [5, 5.41) is 3.17. The highest BCUT2D eigenvalue weighted by Gasteiger charge is 2.24. The highest BCUT2D eigenvalue weighted by molar-refractivity contribution is 5.98. The van der Waals surface area contributed by atoms with Crippen molar-refractivity contribution in [2.75, 3.05) is 23.4 Å². The van der Waals surface area contributed by atoms with Crippen molar-refractivity contribution in [2.45, 2.75) is 6.54 Å². The minimum atomic E-state index is -0.239. The number of amides is 1. The minimum absolute atomic E-state index is 0.0115. The number of halogens is 1. The molecule has 0 aromatic heterocycles. The Morgan fingerprint density at radius 2 is 2.13 bits per heavy atom. The first-order valence-corrected chi connectivity index (χ1v) is 7.34. The topological polar surface area (TPSA) is 41.6 Å². The molecule has 0 aliphatic carbocycles. The number of nitrogens with one attached hydrogen (secondary N) is 1. The second-order valence-electron chi connectivity index (χ2n) is 5.21.